The van der Waals surface area contributed by atoms with Crippen molar-refractivity contribution in [3.05, 3.63) is 77.3 Å². The fraction of sp³-hybridized carbons (Fsp3) is 0.250. The molecular formula is C24H26N4O3. The van der Waals surface area contributed by atoms with Crippen LogP contribution in [0.1, 0.15) is 33.6 Å². The van der Waals surface area contributed by atoms with Crippen molar-refractivity contribution >= 4 is 22.8 Å². The molecule has 1 aromatic heterocycles. The number of fused-ring (bicyclic) bond motifs is 1. The molecule has 3 aromatic rings. The maximum atomic E-state index is 12.6. The van der Waals surface area contributed by atoms with Crippen molar-refractivity contribution in [2.24, 2.45) is 0 Å². The first-order valence-corrected chi connectivity index (χ1v) is 10.0. The molecule has 0 atom stereocenters. The Morgan fingerprint density at radius 3 is 2.68 bits per heavy atom. The standard InChI is InChI=1S/C24H26N4O3/c1-15-8-9-19(12-16(15)2)31-14-22(29)27-17(3)10-11-25-24(30)20-6-5-7-21-23(20)28-18(4)13-26-21/h5-9,12-13H,3,10-11,14H2,1-2,4H3,(H,25,30)(H,27,29). The van der Waals surface area contributed by atoms with E-state index in [0.717, 1.165) is 16.8 Å². The van der Waals surface area contributed by atoms with Crippen LogP contribution >= 0.6 is 0 Å². The number of ether oxygens (including phenoxy) is 1. The number of amides is 2. The number of carbonyl (C=O) groups excluding carboxylic acids is 2. The van der Waals surface area contributed by atoms with Crippen molar-refractivity contribution in [3.63, 3.8) is 0 Å². The van der Waals surface area contributed by atoms with E-state index in [0.29, 0.717) is 41.0 Å². The monoisotopic (exact) mass is 418 g/mol. The second-order valence-electron chi connectivity index (χ2n) is 7.38. The molecule has 160 valence electrons. The highest BCUT2D eigenvalue weighted by Crippen LogP contribution is 2.16. The first-order chi connectivity index (χ1) is 14.8. The van der Waals surface area contributed by atoms with Gasteiger partial charge in [0, 0.05) is 24.9 Å². The number of para-hydroxylation sites is 1. The Kier molecular flexibility index (Phi) is 6.97. The van der Waals surface area contributed by atoms with Crippen molar-refractivity contribution in [1.82, 2.24) is 20.6 Å². The van der Waals surface area contributed by atoms with Crippen LogP contribution in [-0.4, -0.2) is 34.9 Å². The van der Waals surface area contributed by atoms with Crippen LogP contribution in [0.2, 0.25) is 0 Å². The molecule has 0 aliphatic carbocycles. The average molecular weight is 418 g/mol. The van der Waals surface area contributed by atoms with Gasteiger partial charge in [0.05, 0.1) is 16.8 Å². The predicted octanol–water partition coefficient (Wildman–Crippen LogP) is 3.38. The molecule has 2 N–H and O–H groups in total. The van der Waals surface area contributed by atoms with E-state index in [1.54, 1.807) is 18.3 Å². The Morgan fingerprint density at radius 1 is 1.10 bits per heavy atom. The summed E-state index contributed by atoms with van der Waals surface area (Å²) in [6, 6.07) is 11.0. The summed E-state index contributed by atoms with van der Waals surface area (Å²) in [5, 5.41) is 5.53. The summed E-state index contributed by atoms with van der Waals surface area (Å²) in [6.07, 6.45) is 2.07. The molecule has 0 saturated carbocycles. The summed E-state index contributed by atoms with van der Waals surface area (Å²) < 4.78 is 5.52. The molecule has 0 fully saturated rings. The Morgan fingerprint density at radius 2 is 1.90 bits per heavy atom. The van der Waals surface area contributed by atoms with Gasteiger partial charge in [-0.2, -0.15) is 0 Å². The normalized spacial score (nSPS) is 10.5. The van der Waals surface area contributed by atoms with E-state index in [1.807, 2.05) is 45.0 Å². The summed E-state index contributed by atoms with van der Waals surface area (Å²) >= 11 is 0. The van der Waals surface area contributed by atoms with Crippen LogP contribution < -0.4 is 15.4 Å². The third kappa shape index (κ3) is 5.88. The summed E-state index contributed by atoms with van der Waals surface area (Å²) in [5.74, 6) is 0.0987. The topological polar surface area (TPSA) is 93.2 Å². The average Bonchev–Trinajstić information content (AvgIpc) is 2.74. The zero-order chi connectivity index (χ0) is 22.4. The van der Waals surface area contributed by atoms with Crippen LogP contribution in [0.4, 0.5) is 0 Å². The lowest BCUT2D eigenvalue weighted by atomic mass is 10.1. The van der Waals surface area contributed by atoms with Crippen LogP contribution in [0.3, 0.4) is 0 Å². The van der Waals surface area contributed by atoms with E-state index in [9.17, 15) is 9.59 Å². The van der Waals surface area contributed by atoms with Crippen molar-refractivity contribution in [1.29, 1.82) is 0 Å². The molecule has 2 amide bonds. The summed E-state index contributed by atoms with van der Waals surface area (Å²) in [6.45, 7) is 9.90. The van der Waals surface area contributed by atoms with Crippen LogP contribution in [0.25, 0.3) is 11.0 Å². The van der Waals surface area contributed by atoms with Crippen molar-refractivity contribution in [2.45, 2.75) is 27.2 Å². The van der Waals surface area contributed by atoms with E-state index in [4.69, 9.17) is 4.74 Å². The molecule has 0 unspecified atom stereocenters. The van der Waals surface area contributed by atoms with Gasteiger partial charge in [-0.05, 0) is 56.2 Å². The number of rotatable bonds is 8. The smallest absolute Gasteiger partial charge is 0.262 e. The lowest BCUT2D eigenvalue weighted by Crippen LogP contribution is -2.31. The van der Waals surface area contributed by atoms with Crippen LogP contribution in [0, 0.1) is 20.8 Å². The van der Waals surface area contributed by atoms with E-state index in [1.165, 1.54) is 0 Å². The third-order valence-corrected chi connectivity index (χ3v) is 4.81. The fourth-order valence-electron chi connectivity index (χ4n) is 2.97. The van der Waals surface area contributed by atoms with Gasteiger partial charge in [0.1, 0.15) is 11.3 Å². The van der Waals surface area contributed by atoms with E-state index < -0.39 is 0 Å². The second kappa shape index (κ2) is 9.84. The van der Waals surface area contributed by atoms with Crippen LogP contribution in [-0.2, 0) is 4.79 Å². The maximum absolute atomic E-state index is 12.6. The third-order valence-electron chi connectivity index (χ3n) is 4.81. The van der Waals surface area contributed by atoms with Gasteiger partial charge in [-0.3, -0.25) is 14.6 Å². The molecule has 0 aliphatic rings. The first-order valence-electron chi connectivity index (χ1n) is 10.0. The van der Waals surface area contributed by atoms with Gasteiger partial charge in [-0.25, -0.2) is 4.98 Å². The zero-order valence-electron chi connectivity index (χ0n) is 18.0. The molecule has 1 heterocycles. The molecule has 0 saturated heterocycles. The minimum Gasteiger partial charge on any atom is -0.484 e. The number of hydrogen-bond donors (Lipinski definition) is 2. The van der Waals surface area contributed by atoms with Crippen molar-refractivity contribution in [2.75, 3.05) is 13.2 Å². The van der Waals surface area contributed by atoms with Gasteiger partial charge in [-0.15, -0.1) is 0 Å². The number of aromatic nitrogens is 2. The second-order valence-corrected chi connectivity index (χ2v) is 7.38. The summed E-state index contributed by atoms with van der Waals surface area (Å²) in [7, 11) is 0. The van der Waals surface area contributed by atoms with E-state index >= 15 is 0 Å². The number of carbonyl (C=O) groups is 2. The molecular weight excluding hydrogens is 392 g/mol. The summed E-state index contributed by atoms with van der Waals surface area (Å²) in [4.78, 5) is 33.4. The Bertz CT molecular complexity index is 1140. The van der Waals surface area contributed by atoms with Gasteiger partial charge >= 0.3 is 0 Å². The van der Waals surface area contributed by atoms with Crippen LogP contribution in [0.5, 0.6) is 5.75 Å². The number of hydrogen-bond acceptors (Lipinski definition) is 5. The quantitative estimate of drug-likeness (QED) is 0.585. The van der Waals surface area contributed by atoms with Gasteiger partial charge in [0.25, 0.3) is 11.8 Å². The number of benzene rings is 2. The Hall–Kier alpha value is -3.74. The molecule has 0 spiro atoms. The predicted molar refractivity (Wildman–Crippen MR) is 120 cm³/mol. The lowest BCUT2D eigenvalue weighted by molar-refractivity contribution is -0.122. The molecule has 2 aromatic carbocycles. The zero-order valence-corrected chi connectivity index (χ0v) is 18.0. The molecule has 0 bridgehead atoms. The first kappa shape index (κ1) is 22.0. The SMILES string of the molecule is C=C(CCNC(=O)c1cccc2ncc(C)nc12)NC(=O)COc1ccc(C)c(C)c1. The number of nitrogens with one attached hydrogen (secondary N) is 2. The number of nitrogens with zero attached hydrogens (tertiary/aromatic N) is 2. The maximum Gasteiger partial charge on any atom is 0.262 e. The molecule has 3 rings (SSSR count). The molecule has 0 aliphatic heterocycles. The minimum absolute atomic E-state index is 0.109. The molecule has 7 nitrogen and oxygen atoms in total. The molecule has 0 radical (unpaired) electrons. The minimum atomic E-state index is -0.297. The lowest BCUT2D eigenvalue weighted by Gasteiger charge is -2.11. The summed E-state index contributed by atoms with van der Waals surface area (Å²) in [5.41, 5.74) is 5.21. The van der Waals surface area contributed by atoms with E-state index in [2.05, 4.69) is 27.2 Å². The van der Waals surface area contributed by atoms with E-state index in [-0.39, 0.29) is 18.4 Å². The highest BCUT2D eigenvalue weighted by molar-refractivity contribution is 6.04. The Balaban J connectivity index is 1.45. The highest BCUT2D eigenvalue weighted by atomic mass is 16.5. The van der Waals surface area contributed by atoms with Gasteiger partial charge in [-0.1, -0.05) is 18.7 Å². The van der Waals surface area contributed by atoms with Crippen molar-refractivity contribution < 1.29 is 14.3 Å². The van der Waals surface area contributed by atoms with Gasteiger partial charge in [0.15, 0.2) is 6.61 Å². The van der Waals surface area contributed by atoms with Crippen LogP contribution in [0.15, 0.2) is 54.9 Å². The highest BCUT2D eigenvalue weighted by Gasteiger charge is 2.12. The molecule has 7 heteroatoms. The fourth-order valence-corrected chi connectivity index (χ4v) is 2.97. The largest absolute Gasteiger partial charge is 0.484 e. The molecule has 31 heavy (non-hydrogen) atoms. The van der Waals surface area contributed by atoms with Gasteiger partial charge in [0.2, 0.25) is 0 Å². The number of aryl methyl sites for hydroxylation is 3. The Labute approximate surface area is 181 Å². The van der Waals surface area contributed by atoms with Gasteiger partial charge < -0.3 is 15.4 Å². The van der Waals surface area contributed by atoms with Crippen molar-refractivity contribution in [3.8, 4) is 5.75 Å².